The lowest BCUT2D eigenvalue weighted by Crippen LogP contribution is -2.39. The van der Waals surface area contributed by atoms with E-state index < -0.39 is 11.9 Å². The molecule has 4 N–H and O–H groups in total. The van der Waals surface area contributed by atoms with Gasteiger partial charge in [0, 0.05) is 37.3 Å². The second-order valence-electron chi connectivity index (χ2n) is 8.24. The Morgan fingerprint density at radius 3 is 1.34 bits per heavy atom. The number of phenols is 2. The standard InChI is InChI=1S/C24H32N2O6/c1-15-5-7-19(23(31)17(15)3)11-25(13-21(27)28)9-10-26(14-22(29)30)12-20-8-6-16(2)18(4)24(20)32/h5-8,31-32H,9-14H2,1-4H3,(H,27,28)(H,29,30). The first-order chi connectivity index (χ1) is 15.0. The zero-order chi connectivity index (χ0) is 24.0. The van der Waals surface area contributed by atoms with Gasteiger partial charge in [0.25, 0.3) is 0 Å². The predicted octanol–water partition coefficient (Wildman–Crippen LogP) is 2.80. The van der Waals surface area contributed by atoms with Crippen molar-refractivity contribution in [1.29, 1.82) is 0 Å². The van der Waals surface area contributed by atoms with Crippen LogP contribution >= 0.6 is 0 Å². The van der Waals surface area contributed by atoms with Crippen LogP contribution in [0, 0.1) is 27.7 Å². The van der Waals surface area contributed by atoms with Gasteiger partial charge in [-0.25, -0.2) is 0 Å². The summed E-state index contributed by atoms with van der Waals surface area (Å²) in [5.41, 5.74) is 4.61. The predicted molar refractivity (Wildman–Crippen MR) is 121 cm³/mol. The van der Waals surface area contributed by atoms with Crippen molar-refractivity contribution in [1.82, 2.24) is 9.80 Å². The van der Waals surface area contributed by atoms with E-state index in [0.717, 1.165) is 22.3 Å². The zero-order valence-electron chi connectivity index (χ0n) is 19.1. The molecule has 2 rings (SSSR count). The Morgan fingerprint density at radius 1 is 0.688 bits per heavy atom. The highest BCUT2D eigenvalue weighted by Gasteiger charge is 2.18. The molecule has 0 atom stereocenters. The number of hydrogen-bond donors (Lipinski definition) is 4. The number of aliphatic carboxylic acids is 2. The number of carboxylic acid groups (broad SMARTS) is 2. The topological polar surface area (TPSA) is 122 Å². The highest BCUT2D eigenvalue weighted by Crippen LogP contribution is 2.27. The van der Waals surface area contributed by atoms with Gasteiger partial charge in [0.15, 0.2) is 0 Å². The third-order valence-corrected chi connectivity index (χ3v) is 5.81. The van der Waals surface area contributed by atoms with Crippen LogP contribution in [0.25, 0.3) is 0 Å². The molecule has 8 nitrogen and oxygen atoms in total. The molecule has 0 heterocycles. The first-order valence-electron chi connectivity index (χ1n) is 10.4. The van der Waals surface area contributed by atoms with Crippen molar-refractivity contribution in [2.45, 2.75) is 40.8 Å². The summed E-state index contributed by atoms with van der Waals surface area (Å²) in [5.74, 6) is -1.74. The van der Waals surface area contributed by atoms with Gasteiger partial charge in [-0.1, -0.05) is 24.3 Å². The molecule has 0 amide bonds. The van der Waals surface area contributed by atoms with Crippen LogP contribution in [0.3, 0.4) is 0 Å². The minimum Gasteiger partial charge on any atom is -0.507 e. The number of hydrogen-bond acceptors (Lipinski definition) is 6. The van der Waals surface area contributed by atoms with E-state index in [-0.39, 0.29) is 50.8 Å². The summed E-state index contributed by atoms with van der Waals surface area (Å²) < 4.78 is 0. The molecule has 0 fully saturated rings. The van der Waals surface area contributed by atoms with Crippen molar-refractivity contribution in [3.8, 4) is 11.5 Å². The fourth-order valence-corrected chi connectivity index (χ4v) is 3.54. The second-order valence-corrected chi connectivity index (χ2v) is 8.24. The van der Waals surface area contributed by atoms with Gasteiger partial charge in [-0.05, 0) is 49.9 Å². The largest absolute Gasteiger partial charge is 0.507 e. The maximum absolute atomic E-state index is 11.4. The molecule has 0 aliphatic rings. The van der Waals surface area contributed by atoms with Crippen LogP contribution in [-0.4, -0.2) is 68.3 Å². The van der Waals surface area contributed by atoms with E-state index in [2.05, 4.69) is 0 Å². The van der Waals surface area contributed by atoms with Crippen LogP contribution in [-0.2, 0) is 22.7 Å². The molecule has 0 unspecified atom stereocenters. The van der Waals surface area contributed by atoms with Gasteiger partial charge in [0.1, 0.15) is 11.5 Å². The van der Waals surface area contributed by atoms with Gasteiger partial charge in [0.05, 0.1) is 13.1 Å². The lowest BCUT2D eigenvalue weighted by atomic mass is 10.0. The van der Waals surface area contributed by atoms with E-state index in [9.17, 15) is 30.0 Å². The molecular weight excluding hydrogens is 412 g/mol. The first-order valence-corrected chi connectivity index (χ1v) is 10.4. The summed E-state index contributed by atoms with van der Waals surface area (Å²) in [5, 5.41) is 39.5. The van der Waals surface area contributed by atoms with Gasteiger partial charge in [0.2, 0.25) is 0 Å². The SMILES string of the molecule is Cc1ccc(CN(CCN(CC(=O)O)Cc2ccc(C)c(C)c2O)CC(=O)O)c(O)c1C. The zero-order valence-corrected chi connectivity index (χ0v) is 19.1. The fraction of sp³-hybridized carbons (Fsp3) is 0.417. The molecule has 2 aromatic rings. The molecule has 174 valence electrons. The second kappa shape index (κ2) is 11.0. The lowest BCUT2D eigenvalue weighted by molar-refractivity contribution is -0.140. The van der Waals surface area contributed by atoms with Gasteiger partial charge in [-0.3, -0.25) is 19.4 Å². The maximum Gasteiger partial charge on any atom is 0.317 e. The van der Waals surface area contributed by atoms with E-state index in [0.29, 0.717) is 11.1 Å². The maximum atomic E-state index is 11.4. The van der Waals surface area contributed by atoms with Crippen LogP contribution < -0.4 is 0 Å². The molecule has 0 aliphatic carbocycles. The summed E-state index contributed by atoms with van der Waals surface area (Å²) in [7, 11) is 0. The van der Waals surface area contributed by atoms with Crippen molar-refractivity contribution in [2.24, 2.45) is 0 Å². The summed E-state index contributed by atoms with van der Waals surface area (Å²) in [6, 6.07) is 7.30. The summed E-state index contributed by atoms with van der Waals surface area (Å²) in [6.07, 6.45) is 0. The lowest BCUT2D eigenvalue weighted by Gasteiger charge is -2.27. The molecule has 0 aliphatic heterocycles. The van der Waals surface area contributed by atoms with Crippen LogP contribution in [0.2, 0.25) is 0 Å². The minimum atomic E-state index is -1.01. The summed E-state index contributed by atoms with van der Waals surface area (Å²) in [4.78, 5) is 26.1. The van der Waals surface area contributed by atoms with Crippen molar-refractivity contribution in [3.05, 3.63) is 57.6 Å². The van der Waals surface area contributed by atoms with E-state index >= 15 is 0 Å². The average Bonchev–Trinajstić information content (AvgIpc) is 2.71. The van der Waals surface area contributed by atoms with Crippen LogP contribution in [0.5, 0.6) is 11.5 Å². The monoisotopic (exact) mass is 444 g/mol. The number of phenolic OH excluding ortho intramolecular Hbond substituents is 2. The average molecular weight is 445 g/mol. The number of benzene rings is 2. The van der Waals surface area contributed by atoms with Crippen LogP contribution in [0.4, 0.5) is 0 Å². The van der Waals surface area contributed by atoms with Crippen molar-refractivity contribution < 1.29 is 30.0 Å². The number of aryl methyl sites for hydroxylation is 2. The smallest absolute Gasteiger partial charge is 0.317 e. The Kier molecular flexibility index (Phi) is 8.63. The molecule has 2 aromatic carbocycles. The molecule has 0 saturated carbocycles. The highest BCUT2D eigenvalue weighted by atomic mass is 16.4. The first kappa shape index (κ1) is 25.2. The van der Waals surface area contributed by atoms with Gasteiger partial charge < -0.3 is 20.4 Å². The summed E-state index contributed by atoms with van der Waals surface area (Å²) in [6.45, 7) is 7.88. The van der Waals surface area contributed by atoms with Crippen molar-refractivity contribution in [3.63, 3.8) is 0 Å². The number of aromatic hydroxyl groups is 2. The number of nitrogens with zero attached hydrogens (tertiary/aromatic N) is 2. The summed E-state index contributed by atoms with van der Waals surface area (Å²) >= 11 is 0. The number of carbonyl (C=O) groups is 2. The number of carboxylic acids is 2. The molecule has 0 spiro atoms. The molecule has 0 saturated heterocycles. The van der Waals surface area contributed by atoms with Gasteiger partial charge in [-0.2, -0.15) is 0 Å². The molecule has 32 heavy (non-hydrogen) atoms. The Morgan fingerprint density at radius 2 is 1.03 bits per heavy atom. The normalized spacial score (nSPS) is 11.3. The Bertz CT molecular complexity index is 909. The fourth-order valence-electron chi connectivity index (χ4n) is 3.54. The molecule has 0 aromatic heterocycles. The van der Waals surface area contributed by atoms with Crippen LogP contribution in [0.1, 0.15) is 33.4 Å². The Labute approximate surface area is 188 Å². The third kappa shape index (κ3) is 6.70. The third-order valence-electron chi connectivity index (χ3n) is 5.81. The number of rotatable bonds is 11. The van der Waals surface area contributed by atoms with E-state index in [1.54, 1.807) is 35.8 Å². The molecular formula is C24H32N2O6. The van der Waals surface area contributed by atoms with Crippen molar-refractivity contribution in [2.75, 3.05) is 26.2 Å². The minimum absolute atomic E-state index is 0.142. The highest BCUT2D eigenvalue weighted by molar-refractivity contribution is 5.69. The molecule has 8 heteroatoms. The van der Waals surface area contributed by atoms with E-state index in [1.807, 2.05) is 26.0 Å². The molecule has 0 bridgehead atoms. The van der Waals surface area contributed by atoms with Gasteiger partial charge >= 0.3 is 11.9 Å². The Balaban J connectivity index is 2.18. The van der Waals surface area contributed by atoms with Crippen LogP contribution in [0.15, 0.2) is 24.3 Å². The molecule has 0 radical (unpaired) electrons. The van der Waals surface area contributed by atoms with Gasteiger partial charge in [-0.15, -0.1) is 0 Å². The van der Waals surface area contributed by atoms with E-state index in [1.165, 1.54) is 0 Å². The van der Waals surface area contributed by atoms with E-state index in [4.69, 9.17) is 0 Å². The van der Waals surface area contributed by atoms with Crippen molar-refractivity contribution >= 4 is 11.9 Å². The Hall–Kier alpha value is -3.10. The quantitative estimate of drug-likeness (QED) is 0.417.